The molecule has 122 valence electrons. The molecule has 0 radical (unpaired) electrons. The second-order valence-corrected chi connectivity index (χ2v) is 6.68. The molecule has 0 spiro atoms. The van der Waals surface area contributed by atoms with Crippen LogP contribution in [0.3, 0.4) is 0 Å². The molecule has 1 saturated heterocycles. The fourth-order valence-corrected chi connectivity index (χ4v) is 3.43. The lowest BCUT2D eigenvalue weighted by Gasteiger charge is -2.22. The Kier molecular flexibility index (Phi) is 5.25. The summed E-state index contributed by atoms with van der Waals surface area (Å²) in [5.74, 6) is -0.816. The molecule has 0 unspecified atom stereocenters. The Labute approximate surface area is 143 Å². The topological polar surface area (TPSA) is 36.4 Å². The molecule has 1 aliphatic rings. The van der Waals surface area contributed by atoms with Gasteiger partial charge in [0.2, 0.25) is 0 Å². The van der Waals surface area contributed by atoms with Crippen LogP contribution >= 0.6 is 22.9 Å². The van der Waals surface area contributed by atoms with Gasteiger partial charge in [-0.05, 0) is 24.6 Å². The number of nitrogens with zero attached hydrogens (tertiary/aromatic N) is 3. The molecule has 1 aliphatic heterocycles. The summed E-state index contributed by atoms with van der Waals surface area (Å²) < 4.78 is 13.9. The fraction of sp³-hybridized carbons (Fsp3) is 0.375. The molecule has 0 aliphatic carbocycles. The number of benzene rings is 1. The fourth-order valence-electron chi connectivity index (χ4n) is 2.71. The van der Waals surface area contributed by atoms with Crippen molar-refractivity contribution in [3.63, 3.8) is 0 Å². The number of amides is 1. The number of rotatable bonds is 3. The van der Waals surface area contributed by atoms with Gasteiger partial charge in [0, 0.05) is 43.1 Å². The Morgan fingerprint density at radius 1 is 1.30 bits per heavy atom. The minimum absolute atomic E-state index is 0.0467. The highest BCUT2D eigenvalue weighted by atomic mass is 35.5. The molecule has 0 atom stereocenters. The summed E-state index contributed by atoms with van der Waals surface area (Å²) in [5.41, 5.74) is 2.92. The minimum Gasteiger partial charge on any atom is -0.337 e. The van der Waals surface area contributed by atoms with E-state index in [2.05, 4.69) is 9.88 Å². The van der Waals surface area contributed by atoms with Crippen LogP contribution in [0.4, 0.5) is 4.39 Å². The van der Waals surface area contributed by atoms with Crippen molar-refractivity contribution in [2.24, 2.45) is 0 Å². The van der Waals surface area contributed by atoms with Gasteiger partial charge in [-0.2, -0.15) is 0 Å². The molecule has 2 heterocycles. The molecule has 1 aromatic carbocycles. The highest BCUT2D eigenvalue weighted by Gasteiger charge is 2.23. The molecule has 0 N–H and O–H groups in total. The lowest BCUT2D eigenvalue weighted by Crippen LogP contribution is -2.35. The van der Waals surface area contributed by atoms with E-state index < -0.39 is 5.82 Å². The van der Waals surface area contributed by atoms with E-state index in [-0.39, 0.29) is 11.5 Å². The first-order valence-electron chi connectivity index (χ1n) is 7.47. The van der Waals surface area contributed by atoms with Gasteiger partial charge in [0.1, 0.15) is 5.82 Å². The van der Waals surface area contributed by atoms with Gasteiger partial charge in [0.05, 0.1) is 16.8 Å². The van der Waals surface area contributed by atoms with Crippen molar-refractivity contribution in [2.45, 2.75) is 13.0 Å². The number of thiazole rings is 1. The van der Waals surface area contributed by atoms with Gasteiger partial charge in [-0.1, -0.05) is 11.6 Å². The maximum atomic E-state index is 13.9. The van der Waals surface area contributed by atoms with Crippen LogP contribution in [0.5, 0.6) is 0 Å². The van der Waals surface area contributed by atoms with Crippen molar-refractivity contribution >= 4 is 28.8 Å². The molecule has 1 amide bonds. The average Bonchev–Trinajstić information content (AvgIpc) is 2.94. The molecule has 23 heavy (non-hydrogen) atoms. The van der Waals surface area contributed by atoms with E-state index in [4.69, 9.17) is 11.6 Å². The largest absolute Gasteiger partial charge is 0.337 e. The standard InChI is InChI=1S/C16H17ClFN3OS/c17-12-2-3-15(18)14(8-12)16(22)21-5-1-4-20(6-7-21)9-13-10-23-11-19-13/h2-3,8,10-11H,1,4-7,9H2. The molecule has 3 rings (SSSR count). The number of hydrogen-bond acceptors (Lipinski definition) is 4. The first-order chi connectivity index (χ1) is 11.1. The molecule has 1 fully saturated rings. The number of aromatic nitrogens is 1. The molecular weight excluding hydrogens is 337 g/mol. The molecule has 4 nitrogen and oxygen atoms in total. The molecule has 0 saturated carbocycles. The quantitative estimate of drug-likeness (QED) is 0.849. The zero-order chi connectivity index (χ0) is 16.2. The van der Waals surface area contributed by atoms with Crippen molar-refractivity contribution in [1.82, 2.24) is 14.8 Å². The van der Waals surface area contributed by atoms with Gasteiger partial charge in [-0.25, -0.2) is 9.37 Å². The van der Waals surface area contributed by atoms with Crippen molar-refractivity contribution < 1.29 is 9.18 Å². The van der Waals surface area contributed by atoms with Gasteiger partial charge in [-0.3, -0.25) is 9.69 Å². The van der Waals surface area contributed by atoms with Gasteiger partial charge < -0.3 is 4.90 Å². The van der Waals surface area contributed by atoms with Gasteiger partial charge in [-0.15, -0.1) is 11.3 Å². The Morgan fingerprint density at radius 3 is 2.96 bits per heavy atom. The van der Waals surface area contributed by atoms with Crippen LogP contribution < -0.4 is 0 Å². The number of carbonyl (C=O) groups is 1. The Bertz CT molecular complexity index is 680. The van der Waals surface area contributed by atoms with Crippen LogP contribution in [0.1, 0.15) is 22.5 Å². The Morgan fingerprint density at radius 2 is 2.17 bits per heavy atom. The maximum absolute atomic E-state index is 13.9. The van der Waals surface area contributed by atoms with E-state index in [1.165, 1.54) is 18.2 Å². The molecule has 7 heteroatoms. The van der Waals surface area contributed by atoms with Crippen molar-refractivity contribution in [2.75, 3.05) is 26.2 Å². The van der Waals surface area contributed by atoms with Crippen LogP contribution in [0.15, 0.2) is 29.1 Å². The summed E-state index contributed by atoms with van der Waals surface area (Å²) in [6.45, 7) is 3.65. The molecule has 2 aromatic rings. The van der Waals surface area contributed by atoms with Crippen LogP contribution in [0.2, 0.25) is 5.02 Å². The van der Waals surface area contributed by atoms with Crippen LogP contribution in [-0.2, 0) is 6.54 Å². The van der Waals surface area contributed by atoms with Gasteiger partial charge in [0.15, 0.2) is 0 Å². The normalized spacial score (nSPS) is 16.3. The molecule has 1 aromatic heterocycles. The van der Waals surface area contributed by atoms with Crippen molar-refractivity contribution in [1.29, 1.82) is 0 Å². The second-order valence-electron chi connectivity index (χ2n) is 5.53. The highest BCUT2D eigenvalue weighted by molar-refractivity contribution is 7.07. The molecular formula is C16H17ClFN3OS. The third-order valence-corrected chi connectivity index (χ3v) is 4.77. The third-order valence-electron chi connectivity index (χ3n) is 3.90. The van der Waals surface area contributed by atoms with E-state index in [9.17, 15) is 9.18 Å². The number of hydrogen-bond donors (Lipinski definition) is 0. The summed E-state index contributed by atoms with van der Waals surface area (Å²) in [6.07, 6.45) is 0.859. The van der Waals surface area contributed by atoms with Gasteiger partial charge >= 0.3 is 0 Å². The smallest absolute Gasteiger partial charge is 0.256 e. The summed E-state index contributed by atoms with van der Waals surface area (Å²) in [6, 6.07) is 4.09. The highest BCUT2D eigenvalue weighted by Crippen LogP contribution is 2.18. The molecule has 0 bridgehead atoms. The van der Waals surface area contributed by atoms with E-state index in [1.54, 1.807) is 16.2 Å². The monoisotopic (exact) mass is 353 g/mol. The third kappa shape index (κ3) is 4.07. The predicted molar refractivity (Wildman–Crippen MR) is 89.3 cm³/mol. The first kappa shape index (κ1) is 16.4. The lowest BCUT2D eigenvalue weighted by molar-refractivity contribution is 0.0756. The number of halogens is 2. The average molecular weight is 354 g/mol. The maximum Gasteiger partial charge on any atom is 0.256 e. The predicted octanol–water partition coefficient (Wildman–Crippen LogP) is 3.28. The minimum atomic E-state index is -0.525. The van der Waals surface area contributed by atoms with Crippen LogP contribution in [0, 0.1) is 5.82 Å². The van der Waals surface area contributed by atoms with Crippen LogP contribution in [-0.4, -0.2) is 46.9 Å². The van der Waals surface area contributed by atoms with E-state index >= 15 is 0 Å². The SMILES string of the molecule is O=C(c1cc(Cl)ccc1F)N1CCCN(Cc2cscn2)CC1. The summed E-state index contributed by atoms with van der Waals surface area (Å²) in [7, 11) is 0. The summed E-state index contributed by atoms with van der Waals surface area (Å²) in [4.78, 5) is 20.8. The summed E-state index contributed by atoms with van der Waals surface area (Å²) in [5, 5.41) is 2.41. The van der Waals surface area contributed by atoms with E-state index in [0.717, 1.165) is 31.7 Å². The van der Waals surface area contributed by atoms with Gasteiger partial charge in [0.25, 0.3) is 5.91 Å². The van der Waals surface area contributed by atoms with Crippen molar-refractivity contribution in [3.05, 3.63) is 51.2 Å². The van der Waals surface area contributed by atoms with Crippen LogP contribution in [0.25, 0.3) is 0 Å². The van der Waals surface area contributed by atoms with Crippen molar-refractivity contribution in [3.8, 4) is 0 Å². The number of carbonyl (C=O) groups excluding carboxylic acids is 1. The zero-order valence-electron chi connectivity index (χ0n) is 12.5. The lowest BCUT2D eigenvalue weighted by atomic mass is 10.2. The Balaban J connectivity index is 1.65. The summed E-state index contributed by atoms with van der Waals surface area (Å²) >= 11 is 7.47. The van der Waals surface area contributed by atoms with E-state index in [1.807, 2.05) is 10.9 Å². The zero-order valence-corrected chi connectivity index (χ0v) is 14.1. The van der Waals surface area contributed by atoms with E-state index in [0.29, 0.717) is 18.1 Å². The second kappa shape index (κ2) is 7.38. The first-order valence-corrected chi connectivity index (χ1v) is 8.79. The Hall–Kier alpha value is -1.50.